The molecule has 0 aliphatic heterocycles. The predicted octanol–water partition coefficient (Wildman–Crippen LogP) is 0.797. The second-order valence-corrected chi connectivity index (χ2v) is 2.92. The molecule has 0 spiro atoms. The Hall–Kier alpha value is -1.56. The first kappa shape index (κ1) is 7.11. The average Bonchev–Trinajstić information content (AvgIpc) is 2.58. The number of H-pyrrole nitrogens is 1. The quantitative estimate of drug-likeness (QED) is 0.686. The molecule has 0 amide bonds. The van der Waals surface area contributed by atoms with E-state index in [0.29, 0.717) is 5.01 Å². The molecule has 2 aromatic rings. The minimum absolute atomic E-state index is 0.0926. The molecular weight excluding hydrogens is 180 g/mol. The van der Waals surface area contributed by atoms with Crippen molar-refractivity contribution in [2.75, 3.05) is 0 Å². The first-order valence-electron chi connectivity index (χ1n) is 3.09. The summed E-state index contributed by atoms with van der Waals surface area (Å²) >= 11 is 1.28. The van der Waals surface area contributed by atoms with Crippen LogP contribution in [0.1, 0.15) is 0 Å². The molecule has 0 saturated carbocycles. The van der Waals surface area contributed by atoms with Crippen LogP contribution in [0, 0.1) is 0 Å². The monoisotopic (exact) mass is 184 g/mol. The number of hydrogen-bond acceptors (Lipinski definition) is 5. The van der Waals surface area contributed by atoms with Crippen LogP contribution < -0.4 is 5.76 Å². The highest BCUT2D eigenvalue weighted by atomic mass is 32.1. The molecule has 0 bridgehead atoms. The van der Waals surface area contributed by atoms with E-state index in [1.165, 1.54) is 11.3 Å². The molecule has 0 atom stereocenters. The van der Waals surface area contributed by atoms with Gasteiger partial charge in [0.05, 0.1) is 0 Å². The maximum Gasteiger partial charge on any atom is 0.419 e. The van der Waals surface area contributed by atoms with Gasteiger partial charge in [-0.15, -0.1) is 11.3 Å². The van der Waals surface area contributed by atoms with Gasteiger partial charge in [-0.25, -0.2) is 9.78 Å². The van der Waals surface area contributed by atoms with Crippen molar-refractivity contribution in [1.82, 2.24) is 9.97 Å². The summed E-state index contributed by atoms with van der Waals surface area (Å²) < 4.78 is 4.65. The Morgan fingerprint density at radius 1 is 1.67 bits per heavy atom. The van der Waals surface area contributed by atoms with Crippen molar-refractivity contribution in [2.45, 2.75) is 0 Å². The van der Waals surface area contributed by atoms with Gasteiger partial charge < -0.3 is 9.52 Å². The van der Waals surface area contributed by atoms with Crippen molar-refractivity contribution < 1.29 is 9.52 Å². The van der Waals surface area contributed by atoms with Crippen LogP contribution in [-0.4, -0.2) is 15.1 Å². The smallest absolute Gasteiger partial charge is 0.419 e. The summed E-state index contributed by atoms with van der Waals surface area (Å²) in [5.41, 5.74) is 0. The van der Waals surface area contributed by atoms with Crippen LogP contribution in [0.15, 0.2) is 20.8 Å². The second kappa shape index (κ2) is 2.49. The molecule has 2 rings (SSSR count). The van der Waals surface area contributed by atoms with Crippen molar-refractivity contribution in [1.29, 1.82) is 0 Å². The standard InChI is InChI=1S/C6H4N2O3S/c9-4-3(11-6(10)8-4)5-7-1-2-12-5/h1-2,9H,(H,8,10). The molecule has 0 aliphatic rings. The first-order chi connectivity index (χ1) is 5.77. The van der Waals surface area contributed by atoms with Crippen LogP contribution in [0.5, 0.6) is 5.88 Å². The van der Waals surface area contributed by atoms with E-state index in [9.17, 15) is 4.79 Å². The third-order valence-electron chi connectivity index (χ3n) is 1.26. The number of hydrogen-bond donors (Lipinski definition) is 2. The maximum atomic E-state index is 10.6. The number of rotatable bonds is 1. The van der Waals surface area contributed by atoms with Crippen LogP contribution in [0.4, 0.5) is 0 Å². The summed E-state index contributed by atoms with van der Waals surface area (Å²) in [5, 5.41) is 11.3. The van der Waals surface area contributed by atoms with E-state index in [1.54, 1.807) is 11.6 Å². The van der Waals surface area contributed by atoms with Crippen LogP contribution in [0.3, 0.4) is 0 Å². The zero-order valence-corrected chi connectivity index (χ0v) is 6.59. The van der Waals surface area contributed by atoms with Crippen LogP contribution in [-0.2, 0) is 0 Å². The fraction of sp³-hybridized carbons (Fsp3) is 0. The number of nitrogens with zero attached hydrogens (tertiary/aromatic N) is 1. The first-order valence-corrected chi connectivity index (χ1v) is 3.97. The second-order valence-electron chi connectivity index (χ2n) is 2.03. The summed E-state index contributed by atoms with van der Waals surface area (Å²) in [4.78, 5) is 16.6. The van der Waals surface area contributed by atoms with Gasteiger partial charge in [-0.2, -0.15) is 0 Å². The fourth-order valence-electron chi connectivity index (χ4n) is 0.801. The number of thiazole rings is 1. The molecule has 0 aromatic carbocycles. The Kier molecular flexibility index (Phi) is 1.47. The summed E-state index contributed by atoms with van der Waals surface area (Å²) in [6, 6.07) is 0. The zero-order valence-electron chi connectivity index (χ0n) is 5.77. The third-order valence-corrected chi connectivity index (χ3v) is 2.03. The summed E-state index contributed by atoms with van der Waals surface area (Å²) in [5.74, 6) is -0.873. The molecule has 2 N–H and O–H groups in total. The van der Waals surface area contributed by atoms with Crippen molar-refractivity contribution in [2.24, 2.45) is 0 Å². The van der Waals surface area contributed by atoms with Crippen molar-refractivity contribution in [3.8, 4) is 16.6 Å². The average molecular weight is 184 g/mol. The molecule has 0 radical (unpaired) electrons. The highest BCUT2D eigenvalue weighted by Crippen LogP contribution is 2.26. The molecule has 5 nitrogen and oxygen atoms in total. The Morgan fingerprint density at radius 2 is 2.50 bits per heavy atom. The highest BCUT2D eigenvalue weighted by molar-refractivity contribution is 7.13. The fourth-order valence-corrected chi connectivity index (χ4v) is 1.42. The van der Waals surface area contributed by atoms with Gasteiger partial charge in [0, 0.05) is 11.6 Å². The van der Waals surface area contributed by atoms with Crippen molar-refractivity contribution in [3.05, 3.63) is 22.1 Å². The van der Waals surface area contributed by atoms with E-state index in [4.69, 9.17) is 5.11 Å². The lowest BCUT2D eigenvalue weighted by Gasteiger charge is -1.86. The van der Waals surface area contributed by atoms with Crippen LogP contribution >= 0.6 is 11.3 Å². The van der Waals surface area contributed by atoms with Gasteiger partial charge in [0.2, 0.25) is 11.6 Å². The lowest BCUT2D eigenvalue weighted by molar-refractivity contribution is 0.452. The maximum absolute atomic E-state index is 10.6. The number of oxazole rings is 1. The predicted molar refractivity (Wildman–Crippen MR) is 42.1 cm³/mol. The van der Waals surface area contributed by atoms with E-state index in [0.717, 1.165) is 0 Å². The van der Waals surface area contributed by atoms with E-state index in [2.05, 4.69) is 14.4 Å². The molecule has 0 fully saturated rings. The number of aromatic nitrogens is 2. The number of aromatic amines is 1. The van der Waals surface area contributed by atoms with Crippen molar-refractivity contribution in [3.63, 3.8) is 0 Å². The third kappa shape index (κ3) is 1.02. The normalized spacial score (nSPS) is 10.3. The molecule has 62 valence electrons. The summed E-state index contributed by atoms with van der Waals surface area (Å²) in [6.07, 6.45) is 1.56. The Morgan fingerprint density at radius 3 is 3.00 bits per heavy atom. The molecular formula is C6H4N2O3S. The molecule has 0 unspecified atom stereocenters. The Labute approximate surface area is 70.3 Å². The molecule has 2 aromatic heterocycles. The van der Waals surface area contributed by atoms with E-state index in [-0.39, 0.29) is 11.6 Å². The summed E-state index contributed by atoms with van der Waals surface area (Å²) in [7, 11) is 0. The largest absolute Gasteiger partial charge is 0.492 e. The van der Waals surface area contributed by atoms with E-state index < -0.39 is 5.76 Å². The van der Waals surface area contributed by atoms with Crippen LogP contribution in [0.25, 0.3) is 10.8 Å². The van der Waals surface area contributed by atoms with Crippen molar-refractivity contribution >= 4 is 11.3 Å². The number of nitrogens with one attached hydrogen (secondary N) is 1. The molecule has 0 saturated heterocycles. The lowest BCUT2D eigenvalue weighted by Crippen LogP contribution is -1.92. The minimum Gasteiger partial charge on any atom is -0.492 e. The van der Waals surface area contributed by atoms with E-state index in [1.807, 2.05) is 0 Å². The van der Waals surface area contributed by atoms with Gasteiger partial charge in [0.15, 0.2) is 5.01 Å². The van der Waals surface area contributed by atoms with E-state index >= 15 is 0 Å². The van der Waals surface area contributed by atoms with Gasteiger partial charge in [-0.05, 0) is 0 Å². The van der Waals surface area contributed by atoms with Gasteiger partial charge in [0.1, 0.15) is 0 Å². The van der Waals surface area contributed by atoms with Gasteiger partial charge in [-0.1, -0.05) is 0 Å². The zero-order chi connectivity index (χ0) is 8.55. The van der Waals surface area contributed by atoms with Gasteiger partial charge >= 0.3 is 5.76 Å². The molecule has 12 heavy (non-hydrogen) atoms. The number of aromatic hydroxyl groups is 1. The topological polar surface area (TPSA) is 79.1 Å². The van der Waals surface area contributed by atoms with Crippen LogP contribution in [0.2, 0.25) is 0 Å². The molecule has 6 heteroatoms. The lowest BCUT2D eigenvalue weighted by atomic mass is 10.5. The summed E-state index contributed by atoms with van der Waals surface area (Å²) in [6.45, 7) is 0. The minimum atomic E-state index is -0.683. The highest BCUT2D eigenvalue weighted by Gasteiger charge is 2.12. The Balaban J connectivity index is 2.61. The van der Waals surface area contributed by atoms with Gasteiger partial charge in [-0.3, -0.25) is 4.98 Å². The SMILES string of the molecule is O=c1[nH]c(O)c(-c2nccs2)o1. The Bertz CT molecular complexity index is 428. The molecule has 2 heterocycles. The van der Waals surface area contributed by atoms with Gasteiger partial charge in [0.25, 0.3) is 0 Å². The molecule has 0 aliphatic carbocycles.